The fraction of sp³-hybridized carbons (Fsp3) is 0.333. The maximum atomic E-state index is 12.5. The molecule has 0 fully saturated rings. The molecule has 1 heterocycles. The first-order valence-electron chi connectivity index (χ1n) is 6.59. The lowest BCUT2D eigenvalue weighted by Crippen LogP contribution is -2.32. The number of hydrogen-bond donors (Lipinski definition) is 1. The van der Waals surface area contributed by atoms with Gasteiger partial charge < -0.3 is 14.6 Å². The fourth-order valence-electron chi connectivity index (χ4n) is 2.32. The summed E-state index contributed by atoms with van der Waals surface area (Å²) in [4.78, 5) is 24.8. The molecule has 20 heavy (non-hydrogen) atoms. The summed E-state index contributed by atoms with van der Waals surface area (Å²) in [5.41, 5.74) is 1.61. The summed E-state index contributed by atoms with van der Waals surface area (Å²) in [6.07, 6.45) is 1.76. The van der Waals surface area contributed by atoms with E-state index in [0.29, 0.717) is 12.1 Å². The monoisotopic (exact) mass is 274 g/mol. The van der Waals surface area contributed by atoms with Crippen molar-refractivity contribution in [1.29, 1.82) is 0 Å². The van der Waals surface area contributed by atoms with Crippen LogP contribution in [0.4, 0.5) is 0 Å². The molecule has 5 nitrogen and oxygen atoms in total. The van der Waals surface area contributed by atoms with Gasteiger partial charge in [-0.1, -0.05) is 18.2 Å². The Bertz CT molecular complexity index is 646. The van der Waals surface area contributed by atoms with Crippen molar-refractivity contribution in [2.75, 3.05) is 13.1 Å². The summed E-state index contributed by atoms with van der Waals surface area (Å²) in [5, 5.41) is 9.64. The molecule has 0 aliphatic carbocycles. The summed E-state index contributed by atoms with van der Waals surface area (Å²) in [6.45, 7) is 2.58. The van der Waals surface area contributed by atoms with E-state index in [9.17, 15) is 9.59 Å². The van der Waals surface area contributed by atoms with E-state index < -0.39 is 5.97 Å². The normalized spacial score (nSPS) is 10.7. The fourth-order valence-corrected chi connectivity index (χ4v) is 2.32. The minimum Gasteiger partial charge on any atom is -0.481 e. The van der Waals surface area contributed by atoms with Gasteiger partial charge in [-0.25, -0.2) is 0 Å². The third kappa shape index (κ3) is 2.66. The Morgan fingerprint density at radius 1 is 1.30 bits per heavy atom. The average molecular weight is 274 g/mol. The van der Waals surface area contributed by atoms with Gasteiger partial charge in [-0.15, -0.1) is 0 Å². The number of amides is 1. The number of carbonyl (C=O) groups excluding carboxylic acids is 1. The SMILES string of the molecule is CCN(CCC(=O)O)C(=O)c1cn(C)c2ccccc12. The van der Waals surface area contributed by atoms with Gasteiger partial charge in [-0.2, -0.15) is 0 Å². The van der Waals surface area contributed by atoms with Crippen LogP contribution in [0.15, 0.2) is 30.5 Å². The predicted octanol–water partition coefficient (Wildman–Crippen LogP) is 2.12. The van der Waals surface area contributed by atoms with Gasteiger partial charge >= 0.3 is 5.97 Å². The van der Waals surface area contributed by atoms with Crippen LogP contribution in [0, 0.1) is 0 Å². The molecular formula is C15H18N2O3. The molecule has 0 spiro atoms. The van der Waals surface area contributed by atoms with Crippen molar-refractivity contribution < 1.29 is 14.7 Å². The standard InChI is InChI=1S/C15H18N2O3/c1-3-17(9-8-14(18)19)15(20)12-10-16(2)13-7-5-4-6-11(12)13/h4-7,10H,3,8-9H2,1-2H3,(H,18,19). The minimum absolute atomic E-state index is 0.0374. The summed E-state index contributed by atoms with van der Waals surface area (Å²) < 4.78 is 1.91. The topological polar surface area (TPSA) is 62.5 Å². The number of rotatable bonds is 5. The number of carboxylic acids is 1. The molecule has 0 saturated heterocycles. The number of aryl methyl sites for hydroxylation is 1. The van der Waals surface area contributed by atoms with Crippen LogP contribution in [0.1, 0.15) is 23.7 Å². The lowest BCUT2D eigenvalue weighted by atomic mass is 10.1. The molecule has 0 aliphatic rings. The molecule has 2 rings (SSSR count). The molecule has 0 unspecified atom stereocenters. The number of hydrogen-bond acceptors (Lipinski definition) is 2. The van der Waals surface area contributed by atoms with Crippen LogP contribution >= 0.6 is 0 Å². The van der Waals surface area contributed by atoms with E-state index in [1.807, 2.05) is 42.8 Å². The number of benzene rings is 1. The van der Waals surface area contributed by atoms with Crippen LogP contribution in [0.5, 0.6) is 0 Å². The van der Waals surface area contributed by atoms with Gasteiger partial charge in [0.25, 0.3) is 5.91 Å². The molecule has 0 bridgehead atoms. The Morgan fingerprint density at radius 3 is 2.65 bits per heavy atom. The van der Waals surface area contributed by atoms with E-state index >= 15 is 0 Å². The van der Waals surface area contributed by atoms with Gasteiger partial charge in [0.1, 0.15) is 0 Å². The Balaban J connectivity index is 2.32. The molecule has 1 aromatic carbocycles. The number of para-hydroxylation sites is 1. The molecule has 2 aromatic rings. The van der Waals surface area contributed by atoms with Crippen LogP contribution in [0.3, 0.4) is 0 Å². The molecule has 1 amide bonds. The molecule has 106 valence electrons. The molecule has 0 saturated carbocycles. The molecule has 0 atom stereocenters. The van der Waals surface area contributed by atoms with Crippen molar-refractivity contribution in [2.45, 2.75) is 13.3 Å². The van der Waals surface area contributed by atoms with E-state index in [-0.39, 0.29) is 18.9 Å². The summed E-state index contributed by atoms with van der Waals surface area (Å²) >= 11 is 0. The van der Waals surface area contributed by atoms with Crippen LogP contribution in [-0.4, -0.2) is 39.5 Å². The smallest absolute Gasteiger partial charge is 0.305 e. The number of carbonyl (C=O) groups is 2. The second-order valence-electron chi connectivity index (χ2n) is 4.70. The highest BCUT2D eigenvalue weighted by atomic mass is 16.4. The lowest BCUT2D eigenvalue weighted by molar-refractivity contribution is -0.137. The van der Waals surface area contributed by atoms with Gasteiger partial charge in [0.2, 0.25) is 0 Å². The molecular weight excluding hydrogens is 256 g/mol. The summed E-state index contributed by atoms with van der Waals surface area (Å²) in [6, 6.07) is 7.69. The number of carboxylic acid groups (broad SMARTS) is 1. The third-order valence-corrected chi connectivity index (χ3v) is 3.39. The Hall–Kier alpha value is -2.30. The van der Waals surface area contributed by atoms with Crippen molar-refractivity contribution in [3.63, 3.8) is 0 Å². The highest BCUT2D eigenvalue weighted by Gasteiger charge is 2.19. The van der Waals surface area contributed by atoms with E-state index in [2.05, 4.69) is 0 Å². The quantitative estimate of drug-likeness (QED) is 0.908. The van der Waals surface area contributed by atoms with Gasteiger partial charge in [-0.3, -0.25) is 9.59 Å². The zero-order chi connectivity index (χ0) is 14.7. The zero-order valence-electron chi connectivity index (χ0n) is 11.7. The summed E-state index contributed by atoms with van der Waals surface area (Å²) in [5.74, 6) is -1.01. The van der Waals surface area contributed by atoms with Crippen molar-refractivity contribution >= 4 is 22.8 Å². The maximum absolute atomic E-state index is 12.5. The first kappa shape index (κ1) is 14.1. The first-order chi connectivity index (χ1) is 9.54. The Morgan fingerprint density at radius 2 is 2.00 bits per heavy atom. The van der Waals surface area contributed by atoms with Crippen molar-refractivity contribution in [3.05, 3.63) is 36.0 Å². The maximum Gasteiger partial charge on any atom is 0.305 e. The summed E-state index contributed by atoms with van der Waals surface area (Å²) in [7, 11) is 1.90. The molecule has 1 N–H and O–H groups in total. The average Bonchev–Trinajstić information content (AvgIpc) is 2.77. The first-order valence-corrected chi connectivity index (χ1v) is 6.59. The number of aromatic nitrogens is 1. The van der Waals surface area contributed by atoms with E-state index in [1.165, 1.54) is 0 Å². The van der Waals surface area contributed by atoms with Crippen molar-refractivity contribution in [2.24, 2.45) is 7.05 Å². The van der Waals surface area contributed by atoms with E-state index in [1.54, 1.807) is 11.1 Å². The Labute approximate surface area is 117 Å². The highest BCUT2D eigenvalue weighted by molar-refractivity contribution is 6.07. The third-order valence-electron chi connectivity index (χ3n) is 3.39. The lowest BCUT2D eigenvalue weighted by Gasteiger charge is -2.19. The van der Waals surface area contributed by atoms with Crippen molar-refractivity contribution in [3.8, 4) is 0 Å². The van der Waals surface area contributed by atoms with Gasteiger partial charge in [-0.05, 0) is 13.0 Å². The number of aliphatic carboxylic acids is 1. The molecule has 0 radical (unpaired) electrons. The van der Waals surface area contributed by atoms with Crippen molar-refractivity contribution in [1.82, 2.24) is 9.47 Å². The minimum atomic E-state index is -0.894. The number of nitrogens with zero attached hydrogens (tertiary/aromatic N) is 2. The second kappa shape index (κ2) is 5.77. The molecule has 1 aromatic heterocycles. The number of fused-ring (bicyclic) bond motifs is 1. The van der Waals surface area contributed by atoms with Crippen LogP contribution < -0.4 is 0 Å². The van der Waals surface area contributed by atoms with E-state index in [0.717, 1.165) is 10.9 Å². The van der Waals surface area contributed by atoms with Gasteiger partial charge in [0.05, 0.1) is 12.0 Å². The highest BCUT2D eigenvalue weighted by Crippen LogP contribution is 2.21. The predicted molar refractivity (Wildman–Crippen MR) is 76.7 cm³/mol. The van der Waals surface area contributed by atoms with Crippen LogP contribution in [0.2, 0.25) is 0 Å². The van der Waals surface area contributed by atoms with Gasteiger partial charge in [0, 0.05) is 37.2 Å². The van der Waals surface area contributed by atoms with E-state index in [4.69, 9.17) is 5.11 Å². The second-order valence-corrected chi connectivity index (χ2v) is 4.70. The molecule has 0 aliphatic heterocycles. The van der Waals surface area contributed by atoms with Gasteiger partial charge in [0.15, 0.2) is 0 Å². The Kier molecular flexibility index (Phi) is 4.08. The van der Waals surface area contributed by atoms with Crippen LogP contribution in [0.25, 0.3) is 10.9 Å². The molecule has 5 heteroatoms. The largest absolute Gasteiger partial charge is 0.481 e. The zero-order valence-corrected chi connectivity index (χ0v) is 11.7. The van der Waals surface area contributed by atoms with Crippen LogP contribution in [-0.2, 0) is 11.8 Å².